The number of anilines is 2. The summed E-state index contributed by atoms with van der Waals surface area (Å²) in [5.74, 6) is -1.49. The molecule has 0 fully saturated rings. The maximum absolute atomic E-state index is 13.6. The lowest BCUT2D eigenvalue weighted by atomic mass is 10.2. The monoisotopic (exact) mass is 298 g/mol. The van der Waals surface area contributed by atoms with Crippen molar-refractivity contribution in [1.29, 1.82) is 0 Å². The summed E-state index contributed by atoms with van der Waals surface area (Å²) in [7, 11) is -4.07. The molecule has 0 unspecified atom stereocenters. The summed E-state index contributed by atoms with van der Waals surface area (Å²) < 4.78 is 53.1. The Bertz CT molecular complexity index is 761. The molecule has 0 atom stereocenters. The van der Waals surface area contributed by atoms with Crippen molar-refractivity contribution in [1.82, 2.24) is 0 Å². The average molecular weight is 298 g/mol. The molecule has 0 aliphatic heterocycles. The van der Waals surface area contributed by atoms with Crippen LogP contribution in [0.25, 0.3) is 0 Å². The van der Waals surface area contributed by atoms with E-state index < -0.39 is 21.7 Å². The van der Waals surface area contributed by atoms with E-state index in [1.807, 2.05) is 0 Å². The predicted molar refractivity (Wildman–Crippen MR) is 72.8 cm³/mol. The number of nitrogens with one attached hydrogen (secondary N) is 1. The van der Waals surface area contributed by atoms with Crippen LogP contribution in [0, 0.1) is 18.6 Å². The molecule has 2 aromatic rings. The van der Waals surface area contributed by atoms with Crippen LogP contribution >= 0.6 is 0 Å². The molecule has 0 aliphatic carbocycles. The number of hydrogen-bond donors (Lipinski definition) is 2. The SMILES string of the molecule is Cc1ccc(F)cc1S(=O)(=O)Nc1ccc(N)cc1F. The number of rotatable bonds is 3. The van der Waals surface area contributed by atoms with E-state index in [-0.39, 0.29) is 16.3 Å². The lowest BCUT2D eigenvalue weighted by molar-refractivity contribution is 0.592. The van der Waals surface area contributed by atoms with E-state index in [9.17, 15) is 17.2 Å². The van der Waals surface area contributed by atoms with Crippen LogP contribution in [0.1, 0.15) is 5.56 Å². The van der Waals surface area contributed by atoms with Gasteiger partial charge in [0.1, 0.15) is 11.6 Å². The van der Waals surface area contributed by atoms with Crippen molar-refractivity contribution >= 4 is 21.4 Å². The number of halogens is 2. The van der Waals surface area contributed by atoms with Gasteiger partial charge in [-0.15, -0.1) is 0 Å². The zero-order chi connectivity index (χ0) is 14.9. The van der Waals surface area contributed by atoms with E-state index in [1.165, 1.54) is 25.1 Å². The van der Waals surface area contributed by atoms with Crippen molar-refractivity contribution in [3.63, 3.8) is 0 Å². The Morgan fingerprint density at radius 1 is 1.10 bits per heavy atom. The highest BCUT2D eigenvalue weighted by atomic mass is 32.2. The highest BCUT2D eigenvalue weighted by molar-refractivity contribution is 7.92. The van der Waals surface area contributed by atoms with Gasteiger partial charge in [-0.3, -0.25) is 4.72 Å². The summed E-state index contributed by atoms with van der Waals surface area (Å²) in [6.07, 6.45) is 0. The lowest BCUT2D eigenvalue weighted by Gasteiger charge is -2.11. The van der Waals surface area contributed by atoms with Crippen molar-refractivity contribution < 1.29 is 17.2 Å². The van der Waals surface area contributed by atoms with E-state index in [4.69, 9.17) is 5.73 Å². The molecule has 20 heavy (non-hydrogen) atoms. The van der Waals surface area contributed by atoms with Crippen LogP contribution in [0.3, 0.4) is 0 Å². The van der Waals surface area contributed by atoms with Gasteiger partial charge < -0.3 is 5.73 Å². The normalized spacial score (nSPS) is 11.3. The lowest BCUT2D eigenvalue weighted by Crippen LogP contribution is -2.15. The molecule has 106 valence electrons. The van der Waals surface area contributed by atoms with Gasteiger partial charge >= 0.3 is 0 Å². The van der Waals surface area contributed by atoms with E-state index >= 15 is 0 Å². The Balaban J connectivity index is 2.43. The molecule has 0 amide bonds. The van der Waals surface area contributed by atoms with Gasteiger partial charge in [0.25, 0.3) is 10.0 Å². The smallest absolute Gasteiger partial charge is 0.262 e. The topological polar surface area (TPSA) is 72.2 Å². The Labute approximate surface area is 115 Å². The highest BCUT2D eigenvalue weighted by Gasteiger charge is 2.19. The average Bonchev–Trinajstić information content (AvgIpc) is 2.35. The van der Waals surface area contributed by atoms with Crippen LogP contribution in [0.2, 0.25) is 0 Å². The van der Waals surface area contributed by atoms with E-state index in [2.05, 4.69) is 4.72 Å². The van der Waals surface area contributed by atoms with Crippen molar-refractivity contribution in [2.24, 2.45) is 0 Å². The van der Waals surface area contributed by atoms with Crippen LogP contribution < -0.4 is 10.5 Å². The molecule has 0 aliphatic rings. The number of benzene rings is 2. The maximum atomic E-state index is 13.6. The Morgan fingerprint density at radius 3 is 2.45 bits per heavy atom. The standard InChI is InChI=1S/C13H12F2N2O2S/c1-8-2-3-9(14)6-13(8)20(18,19)17-12-5-4-10(16)7-11(12)15/h2-7,17H,16H2,1H3. The van der Waals surface area contributed by atoms with E-state index in [1.54, 1.807) is 0 Å². The van der Waals surface area contributed by atoms with Crippen LogP contribution in [0.5, 0.6) is 0 Å². The second-order valence-electron chi connectivity index (χ2n) is 4.25. The molecule has 3 N–H and O–H groups in total. The summed E-state index contributed by atoms with van der Waals surface area (Å²) in [5, 5.41) is 0. The number of sulfonamides is 1. The number of nitrogens with two attached hydrogens (primary N) is 1. The van der Waals surface area contributed by atoms with Gasteiger partial charge in [-0.2, -0.15) is 0 Å². The second kappa shape index (κ2) is 5.09. The molecule has 7 heteroatoms. The number of hydrogen-bond acceptors (Lipinski definition) is 3. The third kappa shape index (κ3) is 2.88. The summed E-state index contributed by atoms with van der Waals surface area (Å²) in [6.45, 7) is 1.52. The minimum Gasteiger partial charge on any atom is -0.399 e. The summed E-state index contributed by atoms with van der Waals surface area (Å²) in [6, 6.07) is 6.93. The second-order valence-corrected chi connectivity index (χ2v) is 5.91. The summed E-state index contributed by atoms with van der Waals surface area (Å²) in [5.41, 5.74) is 5.66. The predicted octanol–water partition coefficient (Wildman–Crippen LogP) is 2.66. The zero-order valence-corrected chi connectivity index (χ0v) is 11.3. The van der Waals surface area contributed by atoms with E-state index in [0.717, 1.165) is 18.2 Å². The molecule has 0 aromatic heterocycles. The first-order valence-electron chi connectivity index (χ1n) is 5.63. The van der Waals surface area contributed by atoms with Crippen molar-refractivity contribution in [3.8, 4) is 0 Å². The third-order valence-corrected chi connectivity index (χ3v) is 4.18. The molecule has 0 spiro atoms. The zero-order valence-electron chi connectivity index (χ0n) is 10.5. The molecular formula is C13H12F2N2O2S. The first-order chi connectivity index (χ1) is 9.29. The molecule has 0 bridgehead atoms. The molecular weight excluding hydrogens is 286 g/mol. The number of aryl methyl sites for hydroxylation is 1. The molecule has 0 radical (unpaired) electrons. The van der Waals surface area contributed by atoms with Gasteiger partial charge in [0.15, 0.2) is 0 Å². The first kappa shape index (κ1) is 14.3. The Hall–Kier alpha value is -2.15. The molecule has 0 saturated heterocycles. The first-order valence-corrected chi connectivity index (χ1v) is 7.12. The molecule has 4 nitrogen and oxygen atoms in total. The highest BCUT2D eigenvalue weighted by Crippen LogP contribution is 2.23. The van der Waals surface area contributed by atoms with Crippen LogP contribution in [0.15, 0.2) is 41.3 Å². The summed E-state index contributed by atoms with van der Waals surface area (Å²) >= 11 is 0. The van der Waals surface area contributed by atoms with Crippen molar-refractivity contribution in [2.75, 3.05) is 10.5 Å². The number of nitrogen functional groups attached to an aromatic ring is 1. The fourth-order valence-corrected chi connectivity index (χ4v) is 3.00. The van der Waals surface area contributed by atoms with Gasteiger partial charge in [0, 0.05) is 5.69 Å². The van der Waals surface area contributed by atoms with Gasteiger partial charge in [-0.25, -0.2) is 17.2 Å². The molecule has 2 aromatic carbocycles. The van der Waals surface area contributed by atoms with Crippen LogP contribution in [0.4, 0.5) is 20.2 Å². The largest absolute Gasteiger partial charge is 0.399 e. The molecule has 2 rings (SSSR count). The van der Waals surface area contributed by atoms with Gasteiger partial charge in [0.05, 0.1) is 10.6 Å². The van der Waals surface area contributed by atoms with Crippen molar-refractivity contribution in [2.45, 2.75) is 11.8 Å². The van der Waals surface area contributed by atoms with Crippen LogP contribution in [-0.4, -0.2) is 8.42 Å². The van der Waals surface area contributed by atoms with Gasteiger partial charge in [-0.1, -0.05) is 6.07 Å². The van der Waals surface area contributed by atoms with Gasteiger partial charge in [-0.05, 0) is 42.8 Å². The quantitative estimate of drug-likeness (QED) is 0.856. The summed E-state index contributed by atoms with van der Waals surface area (Å²) in [4.78, 5) is -0.242. The van der Waals surface area contributed by atoms with Crippen molar-refractivity contribution in [3.05, 3.63) is 53.6 Å². The van der Waals surface area contributed by atoms with Crippen LogP contribution in [-0.2, 0) is 10.0 Å². The maximum Gasteiger partial charge on any atom is 0.262 e. The molecule has 0 heterocycles. The fraction of sp³-hybridized carbons (Fsp3) is 0.0769. The van der Waals surface area contributed by atoms with E-state index in [0.29, 0.717) is 5.56 Å². The Morgan fingerprint density at radius 2 is 1.80 bits per heavy atom. The minimum atomic E-state index is -4.07. The van der Waals surface area contributed by atoms with Gasteiger partial charge in [0.2, 0.25) is 0 Å². The minimum absolute atomic E-state index is 0.174. The fourth-order valence-electron chi connectivity index (χ4n) is 1.68. The molecule has 0 saturated carbocycles. The Kier molecular flexibility index (Phi) is 3.63. The third-order valence-electron chi connectivity index (χ3n) is 2.68.